The lowest BCUT2D eigenvalue weighted by Crippen LogP contribution is -2.29. The molecule has 0 radical (unpaired) electrons. The van der Waals surface area contributed by atoms with E-state index in [1.807, 2.05) is 0 Å². The number of hydrogen-bond donors (Lipinski definition) is 0. The van der Waals surface area contributed by atoms with Crippen LogP contribution >= 0.6 is 23.2 Å². The van der Waals surface area contributed by atoms with Crippen molar-refractivity contribution in [1.29, 1.82) is 0 Å². The van der Waals surface area contributed by atoms with Gasteiger partial charge in [-0.1, -0.05) is 23.2 Å². The van der Waals surface area contributed by atoms with E-state index in [1.165, 1.54) is 32.4 Å². The van der Waals surface area contributed by atoms with Crippen molar-refractivity contribution in [2.45, 2.75) is 11.3 Å². The summed E-state index contributed by atoms with van der Waals surface area (Å²) in [5, 5.41) is 0.458. The Morgan fingerprint density at radius 1 is 1.26 bits per heavy atom. The third kappa shape index (κ3) is 4.35. The molecule has 1 rings (SSSR count). The fraction of sp³-hybridized carbons (Fsp3) is 0.364. The van der Waals surface area contributed by atoms with Crippen molar-refractivity contribution in [3.63, 3.8) is 0 Å². The van der Waals surface area contributed by atoms with Crippen LogP contribution in [-0.4, -0.2) is 39.4 Å². The lowest BCUT2D eigenvalue weighted by Gasteiger charge is -2.16. The number of hydrogen-bond acceptors (Lipinski definition) is 4. The van der Waals surface area contributed by atoms with Crippen LogP contribution in [0, 0.1) is 0 Å². The van der Waals surface area contributed by atoms with Crippen molar-refractivity contribution in [2.75, 3.05) is 20.7 Å². The molecule has 106 valence electrons. The SMILES string of the molecule is COC(=O)CCN(C)S(=O)(=O)c1cc(Cl)cc(Cl)c1. The highest BCUT2D eigenvalue weighted by molar-refractivity contribution is 7.89. The molecule has 0 N–H and O–H groups in total. The zero-order valence-electron chi connectivity index (χ0n) is 10.4. The molecule has 0 aliphatic heterocycles. The molecule has 0 atom stereocenters. The van der Waals surface area contributed by atoms with E-state index in [9.17, 15) is 13.2 Å². The van der Waals surface area contributed by atoms with E-state index in [0.717, 1.165) is 4.31 Å². The number of nitrogens with zero attached hydrogens (tertiary/aromatic N) is 1. The van der Waals surface area contributed by atoms with Gasteiger partial charge in [-0.3, -0.25) is 4.79 Å². The summed E-state index contributed by atoms with van der Waals surface area (Å²) in [6.45, 7) is 0.0130. The molecule has 1 aromatic rings. The van der Waals surface area contributed by atoms with Crippen LogP contribution in [0.5, 0.6) is 0 Å². The van der Waals surface area contributed by atoms with Crippen LogP contribution in [0.15, 0.2) is 23.1 Å². The number of ether oxygens (including phenoxy) is 1. The van der Waals surface area contributed by atoms with E-state index >= 15 is 0 Å². The Labute approximate surface area is 122 Å². The van der Waals surface area contributed by atoms with Crippen LogP contribution < -0.4 is 0 Å². The number of carbonyl (C=O) groups excluding carboxylic acids is 1. The van der Waals surface area contributed by atoms with E-state index in [1.54, 1.807) is 0 Å². The second-order valence-corrected chi connectivity index (χ2v) is 6.68. The fourth-order valence-electron chi connectivity index (χ4n) is 1.33. The number of sulfonamides is 1. The predicted molar refractivity (Wildman–Crippen MR) is 72.9 cm³/mol. The van der Waals surface area contributed by atoms with Crippen molar-refractivity contribution < 1.29 is 17.9 Å². The van der Waals surface area contributed by atoms with Gasteiger partial charge in [-0.2, -0.15) is 0 Å². The molecule has 0 saturated heterocycles. The predicted octanol–water partition coefficient (Wildman–Crippen LogP) is 2.18. The first-order valence-corrected chi connectivity index (χ1v) is 7.46. The minimum absolute atomic E-state index is 0.0130. The minimum Gasteiger partial charge on any atom is -0.469 e. The summed E-state index contributed by atoms with van der Waals surface area (Å²) >= 11 is 11.5. The van der Waals surface area contributed by atoms with Crippen LogP contribution in [0.4, 0.5) is 0 Å². The Morgan fingerprint density at radius 2 is 1.79 bits per heavy atom. The molecule has 0 aliphatic rings. The summed E-state index contributed by atoms with van der Waals surface area (Å²) < 4.78 is 29.9. The molecule has 0 amide bonds. The molecule has 0 aromatic heterocycles. The van der Waals surface area contributed by atoms with E-state index in [2.05, 4.69) is 4.74 Å². The van der Waals surface area contributed by atoms with Gasteiger partial charge in [-0.15, -0.1) is 0 Å². The van der Waals surface area contributed by atoms with Gasteiger partial charge in [0.25, 0.3) is 0 Å². The van der Waals surface area contributed by atoms with E-state index < -0.39 is 16.0 Å². The first kappa shape index (κ1) is 16.2. The van der Waals surface area contributed by atoms with Gasteiger partial charge in [-0.05, 0) is 18.2 Å². The number of benzene rings is 1. The second kappa shape index (κ2) is 6.56. The highest BCUT2D eigenvalue weighted by Crippen LogP contribution is 2.24. The average molecular weight is 326 g/mol. The molecule has 0 spiro atoms. The summed E-state index contributed by atoms with van der Waals surface area (Å²) in [6.07, 6.45) is -0.0273. The van der Waals surface area contributed by atoms with Gasteiger partial charge in [0.15, 0.2) is 0 Å². The Kier molecular flexibility index (Phi) is 5.61. The maximum Gasteiger partial charge on any atom is 0.306 e. The van der Waals surface area contributed by atoms with Gasteiger partial charge in [0.1, 0.15) is 0 Å². The van der Waals surface area contributed by atoms with E-state index in [4.69, 9.17) is 23.2 Å². The Morgan fingerprint density at radius 3 is 2.26 bits per heavy atom. The van der Waals surface area contributed by atoms with Crippen LogP contribution in [0.1, 0.15) is 6.42 Å². The largest absolute Gasteiger partial charge is 0.469 e. The standard InChI is InChI=1S/C11H13Cl2NO4S/c1-14(4-3-11(15)18-2)19(16,17)10-6-8(12)5-9(13)7-10/h5-7H,3-4H2,1-2H3. The highest BCUT2D eigenvalue weighted by atomic mass is 35.5. The molecular formula is C11H13Cl2NO4S. The molecule has 8 heteroatoms. The number of rotatable bonds is 5. The molecule has 0 heterocycles. The zero-order chi connectivity index (χ0) is 14.6. The lowest BCUT2D eigenvalue weighted by molar-refractivity contribution is -0.140. The number of halogens is 2. The molecule has 0 bridgehead atoms. The third-order valence-electron chi connectivity index (χ3n) is 2.40. The molecule has 19 heavy (non-hydrogen) atoms. The fourth-order valence-corrected chi connectivity index (χ4v) is 3.23. The van der Waals surface area contributed by atoms with E-state index in [0.29, 0.717) is 0 Å². The average Bonchev–Trinajstić information content (AvgIpc) is 2.34. The molecular weight excluding hydrogens is 313 g/mol. The van der Waals surface area contributed by atoms with Crippen molar-refractivity contribution in [2.24, 2.45) is 0 Å². The maximum absolute atomic E-state index is 12.2. The third-order valence-corrected chi connectivity index (χ3v) is 4.67. The van der Waals surface area contributed by atoms with Crippen LogP contribution in [0.2, 0.25) is 10.0 Å². The van der Waals surface area contributed by atoms with Gasteiger partial charge in [0.05, 0.1) is 18.4 Å². The van der Waals surface area contributed by atoms with Crippen molar-refractivity contribution in [1.82, 2.24) is 4.31 Å². The van der Waals surface area contributed by atoms with Gasteiger partial charge in [0, 0.05) is 23.6 Å². The molecule has 0 aliphatic carbocycles. The Balaban J connectivity index is 2.93. The Bertz CT molecular complexity index is 554. The monoisotopic (exact) mass is 325 g/mol. The van der Waals surface area contributed by atoms with Crippen LogP contribution in [0.25, 0.3) is 0 Å². The summed E-state index contributed by atoms with van der Waals surface area (Å²) in [6, 6.07) is 4.05. The van der Waals surface area contributed by atoms with Crippen LogP contribution in [0.3, 0.4) is 0 Å². The molecule has 5 nitrogen and oxygen atoms in total. The summed E-state index contributed by atoms with van der Waals surface area (Å²) in [5.41, 5.74) is 0. The van der Waals surface area contributed by atoms with Crippen LogP contribution in [-0.2, 0) is 19.6 Å². The maximum atomic E-state index is 12.2. The second-order valence-electron chi connectivity index (χ2n) is 3.76. The first-order valence-electron chi connectivity index (χ1n) is 5.26. The van der Waals surface area contributed by atoms with Crippen molar-refractivity contribution in [3.05, 3.63) is 28.2 Å². The molecule has 1 aromatic carbocycles. The normalized spacial score (nSPS) is 11.6. The molecule has 0 fully saturated rings. The summed E-state index contributed by atoms with van der Waals surface area (Å²) in [5.74, 6) is -0.480. The van der Waals surface area contributed by atoms with Gasteiger partial charge < -0.3 is 4.74 Å². The molecule has 0 saturated carbocycles. The minimum atomic E-state index is -3.73. The smallest absolute Gasteiger partial charge is 0.306 e. The van der Waals surface area contributed by atoms with Crippen molar-refractivity contribution in [3.8, 4) is 0 Å². The number of carbonyl (C=O) groups is 1. The highest BCUT2D eigenvalue weighted by Gasteiger charge is 2.22. The summed E-state index contributed by atoms with van der Waals surface area (Å²) in [7, 11) is -1.12. The van der Waals surface area contributed by atoms with Gasteiger partial charge in [-0.25, -0.2) is 12.7 Å². The first-order chi connectivity index (χ1) is 8.77. The topological polar surface area (TPSA) is 63.7 Å². The molecule has 0 unspecified atom stereocenters. The van der Waals surface area contributed by atoms with Gasteiger partial charge in [0.2, 0.25) is 10.0 Å². The van der Waals surface area contributed by atoms with Gasteiger partial charge >= 0.3 is 5.97 Å². The Hall–Kier alpha value is -0.820. The lowest BCUT2D eigenvalue weighted by atomic mass is 10.4. The summed E-state index contributed by atoms with van der Waals surface area (Å²) in [4.78, 5) is 11.0. The zero-order valence-corrected chi connectivity index (χ0v) is 12.7. The number of esters is 1. The number of methoxy groups -OCH3 is 1. The van der Waals surface area contributed by atoms with Crippen molar-refractivity contribution >= 4 is 39.2 Å². The quantitative estimate of drug-likeness (QED) is 0.778. The van der Waals surface area contributed by atoms with E-state index in [-0.39, 0.29) is 27.9 Å².